The number of nitrogens with one attached hydrogen (secondary N) is 2. The largest absolute Gasteiger partial charge is 0.465 e. The highest BCUT2D eigenvalue weighted by molar-refractivity contribution is 5.91. The number of rotatable bonds is 6. The Balaban J connectivity index is 1.85. The molecule has 126 valence electrons. The molecule has 2 aromatic rings. The van der Waals surface area contributed by atoms with E-state index in [1.54, 1.807) is 18.2 Å². The Labute approximate surface area is 142 Å². The predicted molar refractivity (Wildman–Crippen MR) is 95.4 cm³/mol. The molecule has 0 fully saturated rings. The third-order valence-corrected chi connectivity index (χ3v) is 3.47. The maximum atomic E-state index is 12.0. The summed E-state index contributed by atoms with van der Waals surface area (Å²) in [6.07, 6.45) is 0.329. The van der Waals surface area contributed by atoms with Crippen LogP contribution in [0.25, 0.3) is 0 Å². The van der Waals surface area contributed by atoms with Gasteiger partial charge >= 0.3 is 5.97 Å². The van der Waals surface area contributed by atoms with Crippen LogP contribution in [0.2, 0.25) is 0 Å². The maximum Gasteiger partial charge on any atom is 0.337 e. The van der Waals surface area contributed by atoms with E-state index in [4.69, 9.17) is 0 Å². The predicted octanol–water partition coefficient (Wildman–Crippen LogP) is 3.53. The topological polar surface area (TPSA) is 67.4 Å². The molecule has 5 nitrogen and oxygen atoms in total. The molecule has 0 spiro atoms. The van der Waals surface area contributed by atoms with Crippen LogP contribution in [0.1, 0.15) is 27.9 Å². The van der Waals surface area contributed by atoms with Gasteiger partial charge in [-0.2, -0.15) is 0 Å². The van der Waals surface area contributed by atoms with E-state index in [1.807, 2.05) is 32.0 Å². The number of carbonyl (C=O) groups is 2. The number of methoxy groups -OCH3 is 1. The summed E-state index contributed by atoms with van der Waals surface area (Å²) in [5.74, 6) is -0.442. The van der Waals surface area contributed by atoms with Gasteiger partial charge in [0.15, 0.2) is 0 Å². The fraction of sp³-hybridized carbons (Fsp3) is 0.263. The standard InChI is InChI=1S/C19H22N2O3/c1-13-9-14(2)11-17(10-13)21-18(22)7-8-20-16-6-4-5-15(12-16)19(23)24-3/h4-6,9-12,20H,7-8H2,1-3H3,(H,21,22). The van der Waals surface area contributed by atoms with Crippen molar-refractivity contribution < 1.29 is 14.3 Å². The van der Waals surface area contributed by atoms with Crippen LogP contribution in [0, 0.1) is 13.8 Å². The van der Waals surface area contributed by atoms with Crippen LogP contribution in [0.5, 0.6) is 0 Å². The van der Waals surface area contributed by atoms with Gasteiger partial charge in [-0.25, -0.2) is 4.79 Å². The van der Waals surface area contributed by atoms with Crippen molar-refractivity contribution >= 4 is 23.3 Å². The van der Waals surface area contributed by atoms with Crippen molar-refractivity contribution in [1.82, 2.24) is 0 Å². The summed E-state index contributed by atoms with van der Waals surface area (Å²) >= 11 is 0. The second-order valence-electron chi connectivity index (χ2n) is 5.67. The third-order valence-electron chi connectivity index (χ3n) is 3.47. The molecule has 1 amide bonds. The van der Waals surface area contributed by atoms with E-state index in [9.17, 15) is 9.59 Å². The Morgan fingerprint density at radius 1 is 1.00 bits per heavy atom. The number of hydrogen-bond acceptors (Lipinski definition) is 4. The van der Waals surface area contributed by atoms with E-state index in [1.165, 1.54) is 7.11 Å². The number of benzene rings is 2. The second kappa shape index (κ2) is 8.15. The molecule has 2 aromatic carbocycles. The molecule has 0 unspecified atom stereocenters. The Morgan fingerprint density at radius 3 is 2.38 bits per heavy atom. The van der Waals surface area contributed by atoms with Gasteiger partial charge in [0.1, 0.15) is 0 Å². The van der Waals surface area contributed by atoms with E-state index in [0.717, 1.165) is 22.5 Å². The molecule has 0 heterocycles. The summed E-state index contributed by atoms with van der Waals surface area (Å²) < 4.78 is 4.69. The van der Waals surface area contributed by atoms with Crippen LogP contribution in [-0.2, 0) is 9.53 Å². The Hall–Kier alpha value is -2.82. The Kier molecular flexibility index (Phi) is 5.95. The van der Waals surface area contributed by atoms with Crippen molar-refractivity contribution in [2.24, 2.45) is 0 Å². The molecular formula is C19H22N2O3. The van der Waals surface area contributed by atoms with Crippen LogP contribution < -0.4 is 10.6 Å². The zero-order valence-electron chi connectivity index (χ0n) is 14.2. The number of carbonyl (C=O) groups excluding carboxylic acids is 2. The van der Waals surface area contributed by atoms with Crippen LogP contribution in [0.15, 0.2) is 42.5 Å². The van der Waals surface area contributed by atoms with E-state index in [2.05, 4.69) is 21.4 Å². The quantitative estimate of drug-likeness (QED) is 0.797. The first kappa shape index (κ1) is 17.5. The number of ether oxygens (including phenoxy) is 1. The molecule has 0 saturated heterocycles. The summed E-state index contributed by atoms with van der Waals surface area (Å²) in [6.45, 7) is 4.47. The van der Waals surface area contributed by atoms with Gasteiger partial charge in [0.05, 0.1) is 12.7 Å². The second-order valence-corrected chi connectivity index (χ2v) is 5.67. The first-order chi connectivity index (χ1) is 11.5. The maximum absolute atomic E-state index is 12.0. The number of amides is 1. The Morgan fingerprint density at radius 2 is 1.71 bits per heavy atom. The molecule has 0 bridgehead atoms. The first-order valence-corrected chi connectivity index (χ1v) is 7.78. The zero-order chi connectivity index (χ0) is 17.5. The summed E-state index contributed by atoms with van der Waals surface area (Å²) in [5, 5.41) is 6.03. The fourth-order valence-corrected chi connectivity index (χ4v) is 2.46. The summed E-state index contributed by atoms with van der Waals surface area (Å²) in [7, 11) is 1.35. The molecule has 2 N–H and O–H groups in total. The molecule has 0 aromatic heterocycles. The van der Waals surface area contributed by atoms with Gasteiger partial charge in [-0.1, -0.05) is 12.1 Å². The number of anilines is 2. The van der Waals surface area contributed by atoms with E-state index in [0.29, 0.717) is 18.5 Å². The van der Waals surface area contributed by atoms with Gasteiger partial charge in [-0.05, 0) is 55.3 Å². The molecule has 0 atom stereocenters. The van der Waals surface area contributed by atoms with E-state index < -0.39 is 0 Å². The van der Waals surface area contributed by atoms with Gasteiger partial charge in [-0.3, -0.25) is 4.79 Å². The molecule has 0 saturated carbocycles. The lowest BCUT2D eigenvalue weighted by atomic mass is 10.1. The lowest BCUT2D eigenvalue weighted by Gasteiger charge is -2.09. The Bertz CT molecular complexity index is 721. The molecule has 0 radical (unpaired) electrons. The van der Waals surface area contributed by atoms with Gasteiger partial charge in [0, 0.05) is 24.3 Å². The summed E-state index contributed by atoms with van der Waals surface area (Å²) in [5.41, 5.74) is 4.29. The van der Waals surface area contributed by atoms with Gasteiger partial charge in [0.25, 0.3) is 0 Å². The van der Waals surface area contributed by atoms with Crippen LogP contribution in [-0.4, -0.2) is 25.5 Å². The van der Waals surface area contributed by atoms with Crippen molar-refractivity contribution in [2.75, 3.05) is 24.3 Å². The minimum atomic E-state index is -0.383. The minimum Gasteiger partial charge on any atom is -0.465 e. The highest BCUT2D eigenvalue weighted by Crippen LogP contribution is 2.14. The molecule has 0 aliphatic rings. The average Bonchev–Trinajstić information content (AvgIpc) is 2.53. The number of aryl methyl sites for hydroxylation is 2. The lowest BCUT2D eigenvalue weighted by molar-refractivity contribution is -0.115. The fourth-order valence-electron chi connectivity index (χ4n) is 2.46. The molecule has 24 heavy (non-hydrogen) atoms. The zero-order valence-corrected chi connectivity index (χ0v) is 14.2. The minimum absolute atomic E-state index is 0.0587. The van der Waals surface area contributed by atoms with E-state index >= 15 is 0 Å². The monoisotopic (exact) mass is 326 g/mol. The first-order valence-electron chi connectivity index (χ1n) is 7.78. The SMILES string of the molecule is COC(=O)c1cccc(NCCC(=O)Nc2cc(C)cc(C)c2)c1. The lowest BCUT2D eigenvalue weighted by Crippen LogP contribution is -2.16. The van der Waals surface area contributed by atoms with E-state index in [-0.39, 0.29) is 11.9 Å². The molecular weight excluding hydrogens is 304 g/mol. The van der Waals surface area contributed by atoms with Gasteiger partial charge < -0.3 is 15.4 Å². The summed E-state index contributed by atoms with van der Waals surface area (Å²) in [6, 6.07) is 12.9. The highest BCUT2D eigenvalue weighted by Gasteiger charge is 2.06. The molecule has 0 aliphatic carbocycles. The highest BCUT2D eigenvalue weighted by atomic mass is 16.5. The number of esters is 1. The molecule has 5 heteroatoms. The van der Waals surface area contributed by atoms with Crippen molar-refractivity contribution in [3.63, 3.8) is 0 Å². The van der Waals surface area contributed by atoms with Gasteiger partial charge in [0.2, 0.25) is 5.91 Å². The summed E-state index contributed by atoms with van der Waals surface area (Å²) in [4.78, 5) is 23.5. The van der Waals surface area contributed by atoms with Crippen LogP contribution in [0.3, 0.4) is 0 Å². The third kappa shape index (κ3) is 5.12. The molecule has 0 aliphatic heterocycles. The normalized spacial score (nSPS) is 10.1. The number of hydrogen-bond donors (Lipinski definition) is 2. The average molecular weight is 326 g/mol. The van der Waals surface area contributed by atoms with Crippen molar-refractivity contribution in [2.45, 2.75) is 20.3 Å². The van der Waals surface area contributed by atoms with Gasteiger partial charge in [-0.15, -0.1) is 0 Å². The molecule has 2 rings (SSSR count). The van der Waals surface area contributed by atoms with Crippen molar-refractivity contribution in [3.8, 4) is 0 Å². The smallest absolute Gasteiger partial charge is 0.337 e. The van der Waals surface area contributed by atoms with Crippen molar-refractivity contribution in [3.05, 3.63) is 59.2 Å². The van der Waals surface area contributed by atoms with Crippen molar-refractivity contribution in [1.29, 1.82) is 0 Å². The van der Waals surface area contributed by atoms with Crippen LogP contribution >= 0.6 is 0 Å². The van der Waals surface area contributed by atoms with Crippen LogP contribution in [0.4, 0.5) is 11.4 Å².